The lowest BCUT2D eigenvalue weighted by molar-refractivity contribution is -0.129. The third-order valence-electron chi connectivity index (χ3n) is 5.53. The topological polar surface area (TPSA) is 92.8 Å². The number of carbonyl (C=O) groups excluding carboxylic acids is 2. The van der Waals surface area contributed by atoms with Gasteiger partial charge in [0.05, 0.1) is 10.5 Å². The van der Waals surface area contributed by atoms with Gasteiger partial charge in [0.15, 0.2) is 6.10 Å². The Kier molecular flexibility index (Phi) is 7.92. The van der Waals surface area contributed by atoms with Gasteiger partial charge in [0.1, 0.15) is 0 Å². The molecule has 1 atom stereocenters. The molecule has 0 saturated carbocycles. The van der Waals surface area contributed by atoms with Crippen molar-refractivity contribution in [3.05, 3.63) is 64.7 Å². The second-order valence-corrected chi connectivity index (χ2v) is 10.3. The van der Waals surface area contributed by atoms with Crippen molar-refractivity contribution < 1.29 is 22.7 Å². The minimum absolute atomic E-state index is 0.133. The number of sulfonamides is 1. The number of hydrogen-bond acceptors (Lipinski definition) is 5. The highest BCUT2D eigenvalue weighted by Gasteiger charge is 2.28. The third-order valence-corrected chi connectivity index (χ3v) is 7.82. The van der Waals surface area contributed by atoms with Crippen LogP contribution in [0.25, 0.3) is 0 Å². The van der Waals surface area contributed by atoms with Crippen LogP contribution in [-0.2, 0) is 26.1 Å². The van der Waals surface area contributed by atoms with Crippen LogP contribution in [0.2, 0.25) is 5.02 Å². The minimum Gasteiger partial charge on any atom is -0.449 e. The molecule has 7 nitrogen and oxygen atoms in total. The van der Waals surface area contributed by atoms with Crippen molar-refractivity contribution in [2.75, 3.05) is 13.1 Å². The highest BCUT2D eigenvalue weighted by Crippen LogP contribution is 2.24. The Morgan fingerprint density at radius 2 is 1.75 bits per heavy atom. The molecule has 3 rings (SSSR count). The van der Waals surface area contributed by atoms with E-state index in [1.165, 1.54) is 35.5 Å². The molecule has 2 aromatic carbocycles. The van der Waals surface area contributed by atoms with Crippen molar-refractivity contribution in [2.45, 2.75) is 44.2 Å². The predicted octanol–water partition coefficient (Wildman–Crippen LogP) is 3.62. The fourth-order valence-corrected chi connectivity index (χ4v) is 5.06. The highest BCUT2D eigenvalue weighted by atomic mass is 35.5. The summed E-state index contributed by atoms with van der Waals surface area (Å²) >= 11 is 6.07. The Morgan fingerprint density at radius 1 is 1.12 bits per heavy atom. The van der Waals surface area contributed by atoms with Crippen molar-refractivity contribution in [3.8, 4) is 0 Å². The number of benzene rings is 2. The zero-order valence-corrected chi connectivity index (χ0v) is 19.7. The van der Waals surface area contributed by atoms with Gasteiger partial charge in [-0.05, 0) is 61.6 Å². The molecule has 172 valence electrons. The summed E-state index contributed by atoms with van der Waals surface area (Å²) in [5, 5.41) is 3.21. The van der Waals surface area contributed by atoms with Crippen molar-refractivity contribution in [2.24, 2.45) is 5.92 Å². The van der Waals surface area contributed by atoms with Crippen LogP contribution in [0, 0.1) is 5.92 Å². The fraction of sp³-hybridized carbons (Fsp3) is 0.391. The second kappa shape index (κ2) is 10.5. The van der Waals surface area contributed by atoms with E-state index in [-0.39, 0.29) is 17.0 Å². The Balaban J connectivity index is 1.57. The first-order chi connectivity index (χ1) is 15.2. The Labute approximate surface area is 193 Å². The molecular weight excluding hydrogens is 452 g/mol. The number of esters is 1. The van der Waals surface area contributed by atoms with Gasteiger partial charge >= 0.3 is 5.97 Å². The molecule has 1 heterocycles. The predicted molar refractivity (Wildman–Crippen MR) is 122 cm³/mol. The van der Waals surface area contributed by atoms with Crippen LogP contribution in [0.3, 0.4) is 0 Å². The van der Waals surface area contributed by atoms with E-state index in [1.54, 1.807) is 18.2 Å². The molecule has 9 heteroatoms. The van der Waals surface area contributed by atoms with Gasteiger partial charge in [0.2, 0.25) is 10.0 Å². The zero-order valence-electron chi connectivity index (χ0n) is 18.1. The number of hydrogen-bond donors (Lipinski definition) is 1. The largest absolute Gasteiger partial charge is 0.449 e. The first-order valence-corrected chi connectivity index (χ1v) is 12.3. The molecule has 1 fully saturated rings. The number of rotatable bonds is 7. The van der Waals surface area contributed by atoms with Crippen LogP contribution in [-0.4, -0.2) is 43.8 Å². The monoisotopic (exact) mass is 478 g/mol. The molecule has 1 amide bonds. The van der Waals surface area contributed by atoms with Gasteiger partial charge in [-0.1, -0.05) is 36.7 Å². The molecule has 0 radical (unpaired) electrons. The normalized spacial score (nSPS) is 16.3. The van der Waals surface area contributed by atoms with Crippen LogP contribution in [0.4, 0.5) is 0 Å². The van der Waals surface area contributed by atoms with Crippen LogP contribution < -0.4 is 5.32 Å². The van der Waals surface area contributed by atoms with Gasteiger partial charge in [-0.25, -0.2) is 13.2 Å². The Morgan fingerprint density at radius 3 is 2.38 bits per heavy atom. The SMILES string of the molecule is CC1CCN(S(=O)(=O)c2ccc(C(=O)OC(C)C(=O)NCc3ccccc3Cl)cc2)CC1. The molecule has 1 N–H and O–H groups in total. The second-order valence-electron chi connectivity index (χ2n) is 7.97. The minimum atomic E-state index is -3.60. The summed E-state index contributed by atoms with van der Waals surface area (Å²) in [7, 11) is -3.60. The Hall–Kier alpha value is -2.42. The van der Waals surface area contributed by atoms with Gasteiger partial charge in [-0.3, -0.25) is 4.79 Å². The van der Waals surface area contributed by atoms with Crippen LogP contribution in [0.1, 0.15) is 42.6 Å². The molecule has 0 aromatic heterocycles. The lowest BCUT2D eigenvalue weighted by Gasteiger charge is -2.29. The fourth-order valence-electron chi connectivity index (χ4n) is 3.39. The summed E-state index contributed by atoms with van der Waals surface area (Å²) in [5.41, 5.74) is 0.919. The maximum atomic E-state index is 12.8. The van der Waals surface area contributed by atoms with Crippen LogP contribution >= 0.6 is 11.6 Å². The van der Waals surface area contributed by atoms with E-state index < -0.39 is 28.0 Å². The molecule has 1 aliphatic rings. The van der Waals surface area contributed by atoms with Crippen molar-refractivity contribution >= 4 is 33.5 Å². The average Bonchev–Trinajstić information content (AvgIpc) is 2.78. The number of halogens is 1. The molecule has 32 heavy (non-hydrogen) atoms. The first kappa shape index (κ1) is 24.2. The van der Waals surface area contributed by atoms with Crippen molar-refractivity contribution in [1.29, 1.82) is 0 Å². The first-order valence-electron chi connectivity index (χ1n) is 10.5. The maximum absolute atomic E-state index is 12.8. The molecule has 1 unspecified atom stereocenters. The van der Waals surface area contributed by atoms with Crippen LogP contribution in [0.15, 0.2) is 53.4 Å². The summed E-state index contributed by atoms with van der Waals surface area (Å²) in [4.78, 5) is 24.8. The van der Waals surface area contributed by atoms with Crippen LogP contribution in [0.5, 0.6) is 0 Å². The summed E-state index contributed by atoms with van der Waals surface area (Å²) < 4.78 is 32.3. The molecule has 0 spiro atoms. The maximum Gasteiger partial charge on any atom is 0.338 e. The van der Waals surface area contributed by atoms with E-state index in [0.29, 0.717) is 24.0 Å². The van der Waals surface area contributed by atoms with E-state index in [9.17, 15) is 18.0 Å². The summed E-state index contributed by atoms with van der Waals surface area (Å²) in [6, 6.07) is 12.7. The van der Waals surface area contributed by atoms with Crippen molar-refractivity contribution in [3.63, 3.8) is 0 Å². The average molecular weight is 479 g/mol. The number of nitrogens with one attached hydrogen (secondary N) is 1. The number of ether oxygens (including phenoxy) is 1. The lowest BCUT2D eigenvalue weighted by Crippen LogP contribution is -2.37. The van der Waals surface area contributed by atoms with Gasteiger partial charge in [0.25, 0.3) is 5.91 Å². The van der Waals surface area contributed by atoms with Gasteiger partial charge in [0, 0.05) is 24.7 Å². The lowest BCUT2D eigenvalue weighted by atomic mass is 10.0. The number of amides is 1. The number of piperidine rings is 1. The van der Waals surface area contributed by atoms with Gasteiger partial charge in [-0.15, -0.1) is 0 Å². The quantitative estimate of drug-likeness (QED) is 0.613. The summed E-state index contributed by atoms with van der Waals surface area (Å²) in [6.45, 7) is 4.78. The smallest absolute Gasteiger partial charge is 0.338 e. The number of nitrogens with zero attached hydrogens (tertiary/aromatic N) is 1. The third kappa shape index (κ3) is 5.88. The number of carbonyl (C=O) groups is 2. The van der Waals surface area contributed by atoms with E-state index in [4.69, 9.17) is 16.3 Å². The standard InChI is InChI=1S/C23H27ClN2O5S/c1-16-11-13-26(14-12-16)32(29,30)20-9-7-18(8-10-20)23(28)31-17(2)22(27)25-15-19-5-3-4-6-21(19)24/h3-10,16-17H,11-15H2,1-2H3,(H,25,27). The highest BCUT2D eigenvalue weighted by molar-refractivity contribution is 7.89. The van der Waals surface area contributed by atoms with E-state index in [0.717, 1.165) is 18.4 Å². The zero-order chi connectivity index (χ0) is 23.3. The molecule has 1 saturated heterocycles. The van der Waals surface area contributed by atoms with E-state index in [2.05, 4.69) is 12.2 Å². The molecule has 2 aromatic rings. The van der Waals surface area contributed by atoms with E-state index in [1.807, 2.05) is 6.07 Å². The van der Waals surface area contributed by atoms with Crippen molar-refractivity contribution in [1.82, 2.24) is 9.62 Å². The summed E-state index contributed by atoms with van der Waals surface area (Å²) in [5.74, 6) is -0.652. The molecule has 1 aliphatic heterocycles. The Bertz CT molecular complexity index is 1060. The van der Waals surface area contributed by atoms with Gasteiger partial charge in [-0.2, -0.15) is 4.31 Å². The van der Waals surface area contributed by atoms with Gasteiger partial charge < -0.3 is 10.1 Å². The molecular formula is C23H27ClN2O5S. The molecule has 0 bridgehead atoms. The summed E-state index contributed by atoms with van der Waals surface area (Å²) in [6.07, 6.45) is 0.642. The molecule has 0 aliphatic carbocycles. The van der Waals surface area contributed by atoms with E-state index >= 15 is 0 Å².